The van der Waals surface area contributed by atoms with Crippen LogP contribution in [0.25, 0.3) is 0 Å². The summed E-state index contributed by atoms with van der Waals surface area (Å²) in [5.74, 6) is -1.21. The summed E-state index contributed by atoms with van der Waals surface area (Å²) in [6, 6.07) is 20.8. The zero-order valence-electron chi connectivity index (χ0n) is 19.3. The fourth-order valence-corrected chi connectivity index (χ4v) is 4.45. The second kappa shape index (κ2) is 9.88. The SMILES string of the molecule is Cc1nc(CC#N)c(C)c2c1CC(C(=O)OCc1ccccc1)(C(=O)OCc1ccccc1)C2. The van der Waals surface area contributed by atoms with E-state index < -0.39 is 17.4 Å². The van der Waals surface area contributed by atoms with Gasteiger partial charge < -0.3 is 9.47 Å². The quantitative estimate of drug-likeness (QED) is 0.390. The lowest BCUT2D eigenvalue weighted by molar-refractivity contribution is -0.173. The predicted octanol–water partition coefficient (Wildman–Crippen LogP) is 4.34. The van der Waals surface area contributed by atoms with Crippen LogP contribution in [-0.4, -0.2) is 16.9 Å². The van der Waals surface area contributed by atoms with Crippen LogP contribution in [0.1, 0.15) is 39.2 Å². The topological polar surface area (TPSA) is 89.3 Å². The highest BCUT2D eigenvalue weighted by Crippen LogP contribution is 2.42. The van der Waals surface area contributed by atoms with E-state index in [0.29, 0.717) is 5.69 Å². The van der Waals surface area contributed by atoms with E-state index in [1.54, 1.807) is 0 Å². The van der Waals surface area contributed by atoms with Crippen molar-refractivity contribution < 1.29 is 19.1 Å². The molecule has 0 fully saturated rings. The normalized spacial score (nSPS) is 13.6. The number of carbonyl (C=O) groups excluding carboxylic acids is 2. The maximum Gasteiger partial charge on any atom is 0.324 e. The molecular formula is C28H26N2O4. The van der Waals surface area contributed by atoms with Gasteiger partial charge in [-0.25, -0.2) is 0 Å². The van der Waals surface area contributed by atoms with Crippen LogP contribution in [0.3, 0.4) is 0 Å². The number of pyridine rings is 1. The third kappa shape index (κ3) is 4.55. The molecule has 0 saturated heterocycles. The van der Waals surface area contributed by atoms with Crippen molar-refractivity contribution in [3.8, 4) is 6.07 Å². The van der Waals surface area contributed by atoms with Crippen molar-refractivity contribution in [1.82, 2.24) is 4.98 Å². The summed E-state index contributed by atoms with van der Waals surface area (Å²) < 4.78 is 11.3. The first-order chi connectivity index (χ1) is 16.4. The Labute approximate surface area is 199 Å². The Kier molecular flexibility index (Phi) is 6.74. The third-order valence-electron chi connectivity index (χ3n) is 6.40. The average Bonchev–Trinajstić information content (AvgIpc) is 3.29. The van der Waals surface area contributed by atoms with Crippen LogP contribution in [0.5, 0.6) is 0 Å². The highest BCUT2D eigenvalue weighted by atomic mass is 16.6. The molecule has 6 heteroatoms. The Morgan fingerprint density at radius 1 is 0.882 bits per heavy atom. The number of nitriles is 1. The Morgan fingerprint density at radius 2 is 1.38 bits per heavy atom. The van der Waals surface area contributed by atoms with Gasteiger partial charge in [0.05, 0.1) is 18.2 Å². The summed E-state index contributed by atoms with van der Waals surface area (Å²) in [5.41, 5.74) is 4.15. The Bertz CT molecular complexity index is 1190. The van der Waals surface area contributed by atoms with Crippen LogP contribution in [0.4, 0.5) is 0 Å². The van der Waals surface area contributed by atoms with E-state index in [0.717, 1.165) is 33.5 Å². The Morgan fingerprint density at radius 3 is 1.88 bits per heavy atom. The van der Waals surface area contributed by atoms with Gasteiger partial charge in [0.25, 0.3) is 0 Å². The predicted molar refractivity (Wildman–Crippen MR) is 125 cm³/mol. The summed E-state index contributed by atoms with van der Waals surface area (Å²) in [7, 11) is 0. The largest absolute Gasteiger partial charge is 0.460 e. The van der Waals surface area contributed by atoms with Gasteiger partial charge in [0.1, 0.15) is 13.2 Å². The fraction of sp³-hybridized carbons (Fsp3) is 0.286. The zero-order valence-corrected chi connectivity index (χ0v) is 19.3. The van der Waals surface area contributed by atoms with Gasteiger partial charge in [0, 0.05) is 18.5 Å². The highest BCUT2D eigenvalue weighted by Gasteiger charge is 2.54. The molecule has 172 valence electrons. The molecule has 1 aliphatic carbocycles. The number of ether oxygens (including phenoxy) is 2. The van der Waals surface area contributed by atoms with Crippen LogP contribution < -0.4 is 0 Å². The molecule has 1 aliphatic rings. The molecule has 1 heterocycles. The van der Waals surface area contributed by atoms with E-state index >= 15 is 0 Å². The first-order valence-electron chi connectivity index (χ1n) is 11.2. The van der Waals surface area contributed by atoms with E-state index in [1.807, 2.05) is 74.5 Å². The first kappa shape index (κ1) is 23.2. The fourth-order valence-electron chi connectivity index (χ4n) is 4.45. The van der Waals surface area contributed by atoms with Gasteiger partial charge in [0.2, 0.25) is 0 Å². The molecule has 34 heavy (non-hydrogen) atoms. The molecule has 1 aromatic heterocycles. The van der Waals surface area contributed by atoms with Crippen molar-refractivity contribution in [2.24, 2.45) is 5.41 Å². The lowest BCUT2D eigenvalue weighted by Crippen LogP contribution is -2.43. The van der Waals surface area contributed by atoms with Gasteiger partial charge in [-0.2, -0.15) is 5.26 Å². The number of esters is 2. The minimum atomic E-state index is -1.49. The summed E-state index contributed by atoms with van der Waals surface area (Å²) in [6.07, 6.45) is 0.497. The number of nitrogens with zero attached hydrogens (tertiary/aromatic N) is 2. The molecule has 0 atom stereocenters. The van der Waals surface area contributed by atoms with Crippen LogP contribution in [0.2, 0.25) is 0 Å². The number of hydrogen-bond acceptors (Lipinski definition) is 6. The van der Waals surface area contributed by atoms with Gasteiger partial charge in [0.15, 0.2) is 5.41 Å². The maximum atomic E-state index is 13.5. The highest BCUT2D eigenvalue weighted by molar-refractivity contribution is 6.01. The molecular weight excluding hydrogens is 428 g/mol. The summed E-state index contributed by atoms with van der Waals surface area (Å²) >= 11 is 0. The van der Waals surface area contributed by atoms with E-state index in [1.165, 1.54) is 0 Å². The Hall–Kier alpha value is -3.98. The summed E-state index contributed by atoms with van der Waals surface area (Å²) in [4.78, 5) is 31.6. The van der Waals surface area contributed by atoms with Crippen molar-refractivity contribution in [2.75, 3.05) is 0 Å². The lowest BCUT2D eigenvalue weighted by Gasteiger charge is -2.25. The maximum absolute atomic E-state index is 13.5. The molecule has 0 unspecified atom stereocenters. The second-order valence-corrected chi connectivity index (χ2v) is 8.62. The number of rotatable bonds is 7. The molecule has 0 radical (unpaired) electrons. The van der Waals surface area contributed by atoms with Crippen molar-refractivity contribution in [1.29, 1.82) is 5.26 Å². The van der Waals surface area contributed by atoms with E-state index in [4.69, 9.17) is 9.47 Å². The molecule has 0 saturated carbocycles. The second-order valence-electron chi connectivity index (χ2n) is 8.62. The first-order valence-corrected chi connectivity index (χ1v) is 11.2. The molecule has 0 N–H and O–H groups in total. The monoisotopic (exact) mass is 454 g/mol. The van der Waals surface area contributed by atoms with Gasteiger partial charge in [-0.1, -0.05) is 60.7 Å². The van der Waals surface area contributed by atoms with Gasteiger partial charge in [-0.15, -0.1) is 0 Å². The van der Waals surface area contributed by atoms with Crippen molar-refractivity contribution in [3.05, 3.63) is 99.9 Å². The molecule has 0 amide bonds. The third-order valence-corrected chi connectivity index (χ3v) is 6.40. The van der Waals surface area contributed by atoms with Crippen LogP contribution in [0.15, 0.2) is 60.7 Å². The molecule has 0 bridgehead atoms. The summed E-state index contributed by atoms with van der Waals surface area (Å²) in [5, 5.41) is 9.18. The number of hydrogen-bond donors (Lipinski definition) is 0. The minimum Gasteiger partial charge on any atom is -0.460 e. The van der Waals surface area contributed by atoms with Crippen LogP contribution >= 0.6 is 0 Å². The number of carbonyl (C=O) groups is 2. The molecule has 2 aromatic carbocycles. The van der Waals surface area contributed by atoms with Crippen molar-refractivity contribution in [3.63, 3.8) is 0 Å². The van der Waals surface area contributed by atoms with Gasteiger partial charge in [-0.3, -0.25) is 14.6 Å². The number of fused-ring (bicyclic) bond motifs is 1. The summed E-state index contributed by atoms with van der Waals surface area (Å²) in [6.45, 7) is 3.87. The number of aryl methyl sites for hydroxylation is 1. The van der Waals surface area contributed by atoms with Gasteiger partial charge in [-0.05, 0) is 41.7 Å². The van der Waals surface area contributed by atoms with Crippen LogP contribution in [0, 0.1) is 30.6 Å². The number of aromatic nitrogens is 1. The van der Waals surface area contributed by atoms with Crippen molar-refractivity contribution in [2.45, 2.75) is 46.3 Å². The lowest BCUT2D eigenvalue weighted by atomic mass is 9.84. The van der Waals surface area contributed by atoms with Crippen molar-refractivity contribution >= 4 is 11.9 Å². The minimum absolute atomic E-state index is 0.0691. The molecule has 6 nitrogen and oxygen atoms in total. The number of benzene rings is 2. The van der Waals surface area contributed by atoms with E-state index in [2.05, 4.69) is 11.1 Å². The molecule has 0 aliphatic heterocycles. The molecule has 0 spiro atoms. The van der Waals surface area contributed by atoms with Gasteiger partial charge >= 0.3 is 11.9 Å². The zero-order chi connectivity index (χ0) is 24.1. The average molecular weight is 455 g/mol. The Balaban J connectivity index is 1.64. The standard InChI is InChI=1S/C28H26N2O4/c1-19-23-15-28(16-24(23)20(2)30-25(19)13-14-29,26(31)33-17-21-9-5-3-6-10-21)27(32)34-18-22-11-7-4-8-12-22/h3-12H,13,15-18H2,1-2H3. The van der Waals surface area contributed by atoms with Crippen LogP contribution in [-0.2, 0) is 51.5 Å². The smallest absolute Gasteiger partial charge is 0.324 e. The molecule has 4 rings (SSSR count). The van der Waals surface area contributed by atoms with E-state index in [-0.39, 0.29) is 32.5 Å². The van der Waals surface area contributed by atoms with E-state index in [9.17, 15) is 14.9 Å². The molecule has 3 aromatic rings.